The van der Waals surface area contributed by atoms with Gasteiger partial charge in [0.1, 0.15) is 0 Å². The van der Waals surface area contributed by atoms with Crippen LogP contribution in [-0.4, -0.2) is 5.16 Å². The fourth-order valence-electron chi connectivity index (χ4n) is 2.03. The van der Waals surface area contributed by atoms with Crippen LogP contribution in [0.2, 0.25) is 10.0 Å². The molecule has 0 atom stereocenters. The number of hydrogen-bond acceptors (Lipinski definition) is 4. The number of hydrogen-bond donors (Lipinski definition) is 1. The third kappa shape index (κ3) is 2.07. The maximum Gasteiger partial charge on any atom is 0.230 e. The summed E-state index contributed by atoms with van der Waals surface area (Å²) in [5, 5.41) is 4.99. The molecule has 0 fully saturated rings. The molecule has 102 valence electrons. The first-order valence-corrected chi connectivity index (χ1v) is 6.58. The van der Waals surface area contributed by atoms with Crippen molar-refractivity contribution in [2.75, 3.05) is 5.73 Å². The van der Waals surface area contributed by atoms with E-state index in [1.54, 1.807) is 24.5 Å². The molecule has 20 heavy (non-hydrogen) atoms. The zero-order chi connectivity index (χ0) is 14.3. The highest BCUT2D eigenvalue weighted by molar-refractivity contribution is 6.36. The van der Waals surface area contributed by atoms with Crippen LogP contribution in [0.1, 0.15) is 5.56 Å². The van der Waals surface area contributed by atoms with Crippen molar-refractivity contribution in [1.29, 1.82) is 0 Å². The predicted molar refractivity (Wildman–Crippen MR) is 78.8 cm³/mol. The van der Waals surface area contributed by atoms with Gasteiger partial charge in [0.25, 0.3) is 0 Å². The van der Waals surface area contributed by atoms with E-state index < -0.39 is 0 Å². The Hall–Kier alpha value is -1.91. The van der Waals surface area contributed by atoms with Crippen molar-refractivity contribution in [3.63, 3.8) is 0 Å². The van der Waals surface area contributed by atoms with E-state index in [2.05, 4.69) is 5.16 Å². The minimum absolute atomic E-state index is 0.181. The van der Waals surface area contributed by atoms with Gasteiger partial charge in [-0.05, 0) is 30.7 Å². The second-order valence-corrected chi connectivity index (χ2v) is 5.17. The number of furan rings is 1. The van der Waals surface area contributed by atoms with E-state index >= 15 is 0 Å². The van der Waals surface area contributed by atoms with E-state index in [0.29, 0.717) is 32.6 Å². The Morgan fingerprint density at radius 2 is 2.00 bits per heavy atom. The molecule has 3 aromatic rings. The molecule has 0 bridgehead atoms. The fraction of sp³-hybridized carbons (Fsp3) is 0.0714. The van der Waals surface area contributed by atoms with Gasteiger partial charge in [-0.25, -0.2) is 0 Å². The summed E-state index contributed by atoms with van der Waals surface area (Å²) in [4.78, 5) is 0. The molecule has 0 spiro atoms. The molecule has 3 rings (SSSR count). The minimum atomic E-state index is 0.181. The Kier molecular flexibility index (Phi) is 3.20. The topological polar surface area (TPSA) is 65.2 Å². The number of nitrogens with zero attached hydrogens (tertiary/aromatic N) is 1. The molecule has 0 radical (unpaired) electrons. The average molecular weight is 309 g/mol. The molecule has 0 amide bonds. The largest absolute Gasteiger partial charge is 0.462 e. The summed E-state index contributed by atoms with van der Waals surface area (Å²) in [6, 6.07) is 6.99. The molecule has 4 nitrogen and oxygen atoms in total. The summed E-state index contributed by atoms with van der Waals surface area (Å²) in [6.45, 7) is 1.91. The Labute approximate surface area is 125 Å². The maximum absolute atomic E-state index is 6.23. The van der Waals surface area contributed by atoms with Gasteiger partial charge < -0.3 is 14.7 Å². The van der Waals surface area contributed by atoms with E-state index in [4.69, 9.17) is 37.9 Å². The first-order chi connectivity index (χ1) is 9.58. The standard InChI is InChI=1S/C14H10Cl2N2O2/c1-7-4-5-19-13(7)12-11(14(17)20-18-12)9-3-2-8(15)6-10(9)16/h2-6H,17H2,1H3. The highest BCUT2D eigenvalue weighted by Crippen LogP contribution is 2.41. The van der Waals surface area contributed by atoms with Gasteiger partial charge >= 0.3 is 0 Å². The first kappa shape index (κ1) is 13.1. The van der Waals surface area contributed by atoms with Gasteiger partial charge in [0.2, 0.25) is 5.88 Å². The normalized spacial score (nSPS) is 10.9. The molecule has 6 heteroatoms. The van der Waals surface area contributed by atoms with Crippen molar-refractivity contribution in [3.05, 3.63) is 46.1 Å². The zero-order valence-corrected chi connectivity index (χ0v) is 12.0. The summed E-state index contributed by atoms with van der Waals surface area (Å²) in [5.41, 5.74) is 8.63. The van der Waals surface area contributed by atoms with Crippen LogP contribution in [0.3, 0.4) is 0 Å². The Morgan fingerprint density at radius 1 is 1.20 bits per heavy atom. The van der Waals surface area contributed by atoms with Crippen LogP contribution in [0.25, 0.3) is 22.6 Å². The second-order valence-electron chi connectivity index (χ2n) is 4.33. The van der Waals surface area contributed by atoms with Crippen molar-refractivity contribution in [3.8, 4) is 22.6 Å². The summed E-state index contributed by atoms with van der Waals surface area (Å²) in [5.74, 6) is 0.784. The van der Waals surface area contributed by atoms with E-state index in [-0.39, 0.29) is 5.88 Å². The monoisotopic (exact) mass is 308 g/mol. The molecule has 2 aromatic heterocycles. The number of aryl methyl sites for hydroxylation is 1. The zero-order valence-electron chi connectivity index (χ0n) is 10.5. The number of benzene rings is 1. The molecule has 0 saturated carbocycles. The molecule has 2 N–H and O–H groups in total. The van der Waals surface area contributed by atoms with Crippen molar-refractivity contribution in [2.24, 2.45) is 0 Å². The van der Waals surface area contributed by atoms with Crippen LogP contribution < -0.4 is 5.73 Å². The highest BCUT2D eigenvalue weighted by Gasteiger charge is 2.22. The van der Waals surface area contributed by atoms with Gasteiger partial charge in [-0.3, -0.25) is 0 Å². The van der Waals surface area contributed by atoms with Crippen molar-refractivity contribution in [2.45, 2.75) is 6.92 Å². The van der Waals surface area contributed by atoms with E-state index in [0.717, 1.165) is 5.56 Å². The molecule has 0 unspecified atom stereocenters. The lowest BCUT2D eigenvalue weighted by Gasteiger charge is -2.05. The number of rotatable bonds is 2. The summed E-state index contributed by atoms with van der Waals surface area (Å²) in [6.07, 6.45) is 1.59. The summed E-state index contributed by atoms with van der Waals surface area (Å²) in [7, 11) is 0. The van der Waals surface area contributed by atoms with E-state index in [1.807, 2.05) is 13.0 Å². The average Bonchev–Trinajstić information content (AvgIpc) is 2.96. The quantitative estimate of drug-likeness (QED) is 0.738. The van der Waals surface area contributed by atoms with Gasteiger partial charge in [-0.15, -0.1) is 0 Å². The highest BCUT2D eigenvalue weighted by atomic mass is 35.5. The first-order valence-electron chi connectivity index (χ1n) is 5.83. The summed E-state index contributed by atoms with van der Waals surface area (Å²) >= 11 is 12.1. The second kappa shape index (κ2) is 4.89. The number of aromatic nitrogens is 1. The SMILES string of the molecule is Cc1ccoc1-c1noc(N)c1-c1ccc(Cl)cc1Cl. The van der Waals surface area contributed by atoms with Crippen LogP contribution in [0.4, 0.5) is 5.88 Å². The lowest BCUT2D eigenvalue weighted by Crippen LogP contribution is -1.89. The number of nitrogen functional groups attached to an aromatic ring is 1. The van der Waals surface area contributed by atoms with Crippen molar-refractivity contribution < 1.29 is 8.94 Å². The van der Waals surface area contributed by atoms with E-state index in [1.165, 1.54) is 0 Å². The van der Waals surface area contributed by atoms with Crippen LogP contribution in [0, 0.1) is 6.92 Å². The molecular weight excluding hydrogens is 299 g/mol. The third-order valence-electron chi connectivity index (χ3n) is 3.00. The number of nitrogens with two attached hydrogens (primary N) is 1. The summed E-state index contributed by atoms with van der Waals surface area (Å²) < 4.78 is 10.5. The number of halogens is 2. The molecule has 0 aliphatic carbocycles. The smallest absolute Gasteiger partial charge is 0.230 e. The van der Waals surface area contributed by atoms with Crippen LogP contribution >= 0.6 is 23.2 Å². The van der Waals surface area contributed by atoms with Crippen molar-refractivity contribution >= 4 is 29.1 Å². The lowest BCUT2D eigenvalue weighted by molar-refractivity contribution is 0.435. The molecule has 2 heterocycles. The van der Waals surface area contributed by atoms with Gasteiger partial charge in [0.15, 0.2) is 11.5 Å². The van der Waals surface area contributed by atoms with Gasteiger partial charge in [0, 0.05) is 10.6 Å². The lowest BCUT2D eigenvalue weighted by atomic mass is 10.0. The van der Waals surface area contributed by atoms with Gasteiger partial charge in [-0.2, -0.15) is 0 Å². The van der Waals surface area contributed by atoms with Crippen LogP contribution in [-0.2, 0) is 0 Å². The molecule has 0 aliphatic heterocycles. The third-order valence-corrected chi connectivity index (χ3v) is 3.54. The maximum atomic E-state index is 6.23. The van der Waals surface area contributed by atoms with Crippen LogP contribution in [0.15, 0.2) is 39.5 Å². The van der Waals surface area contributed by atoms with Gasteiger partial charge in [0.05, 0.1) is 16.8 Å². The molecule has 0 saturated heterocycles. The van der Waals surface area contributed by atoms with Gasteiger partial charge in [-0.1, -0.05) is 34.4 Å². The fourth-order valence-corrected chi connectivity index (χ4v) is 2.53. The molecule has 1 aromatic carbocycles. The van der Waals surface area contributed by atoms with Crippen LogP contribution in [0.5, 0.6) is 0 Å². The Bertz CT molecular complexity index is 777. The Balaban J connectivity index is 2.24. The minimum Gasteiger partial charge on any atom is -0.462 e. The number of anilines is 1. The Morgan fingerprint density at radius 3 is 2.65 bits per heavy atom. The molecular formula is C14H10Cl2N2O2. The van der Waals surface area contributed by atoms with E-state index in [9.17, 15) is 0 Å². The predicted octanol–water partition coefficient (Wildman–Crippen LogP) is 4.80. The van der Waals surface area contributed by atoms with Crippen molar-refractivity contribution in [1.82, 2.24) is 5.16 Å². The molecule has 0 aliphatic rings.